The first-order valence-electron chi connectivity index (χ1n) is 5.95. The van der Waals surface area contributed by atoms with Crippen molar-refractivity contribution in [1.82, 2.24) is 0 Å². The van der Waals surface area contributed by atoms with Crippen LogP contribution in [0.2, 0.25) is 0 Å². The summed E-state index contributed by atoms with van der Waals surface area (Å²) in [4.78, 5) is -0.459. The van der Waals surface area contributed by atoms with Gasteiger partial charge in [-0.05, 0) is 29.8 Å². The molecule has 2 rings (SSSR count). The van der Waals surface area contributed by atoms with Gasteiger partial charge >= 0.3 is 5.25 Å². The zero-order valence-electron chi connectivity index (χ0n) is 10.7. The Balaban J connectivity index is 2.31. The van der Waals surface area contributed by atoms with Gasteiger partial charge < -0.3 is 0 Å². The van der Waals surface area contributed by atoms with Crippen LogP contribution in [0.15, 0.2) is 65.6 Å². The van der Waals surface area contributed by atoms with Crippen LogP contribution in [0, 0.1) is 5.82 Å². The van der Waals surface area contributed by atoms with Crippen molar-refractivity contribution in [2.24, 2.45) is 0 Å². The van der Waals surface area contributed by atoms with Crippen molar-refractivity contribution in [3.05, 3.63) is 72.1 Å². The average molecular weight is 312 g/mol. The van der Waals surface area contributed by atoms with E-state index in [0.717, 1.165) is 30.3 Å². The fraction of sp³-hybridized carbons (Fsp3) is 0.0667. The van der Waals surface area contributed by atoms with Gasteiger partial charge in [0.05, 0.1) is 4.90 Å². The van der Waals surface area contributed by atoms with Gasteiger partial charge in [0, 0.05) is 6.08 Å². The maximum atomic E-state index is 13.9. The molecular formula is C15H11F3O2S. The fourth-order valence-electron chi connectivity index (χ4n) is 1.61. The second kappa shape index (κ2) is 5.73. The molecule has 0 unspecified atom stereocenters. The molecule has 2 nitrogen and oxygen atoms in total. The van der Waals surface area contributed by atoms with E-state index in [1.807, 2.05) is 0 Å². The zero-order valence-corrected chi connectivity index (χ0v) is 11.5. The smallest absolute Gasteiger partial charge is 0.217 e. The van der Waals surface area contributed by atoms with E-state index in [-0.39, 0.29) is 5.56 Å². The number of benzene rings is 2. The van der Waals surface area contributed by atoms with Crippen LogP contribution in [0.25, 0.3) is 6.08 Å². The van der Waals surface area contributed by atoms with E-state index in [2.05, 4.69) is 0 Å². The monoisotopic (exact) mass is 312 g/mol. The lowest BCUT2D eigenvalue weighted by molar-refractivity contribution is 0.148. The van der Waals surface area contributed by atoms with Gasteiger partial charge in [-0.3, -0.25) is 0 Å². The third-order valence-electron chi connectivity index (χ3n) is 2.75. The lowest BCUT2D eigenvalue weighted by Crippen LogP contribution is -2.26. The summed E-state index contributed by atoms with van der Waals surface area (Å²) >= 11 is 0. The van der Waals surface area contributed by atoms with Crippen molar-refractivity contribution in [3.63, 3.8) is 0 Å². The van der Waals surface area contributed by atoms with Crippen molar-refractivity contribution in [1.29, 1.82) is 0 Å². The highest BCUT2D eigenvalue weighted by molar-refractivity contribution is 7.92. The van der Waals surface area contributed by atoms with Crippen LogP contribution < -0.4 is 0 Å². The third kappa shape index (κ3) is 3.33. The maximum absolute atomic E-state index is 13.9. The Hall–Kier alpha value is -2.08. The average Bonchev–Trinajstić information content (AvgIpc) is 2.47. The topological polar surface area (TPSA) is 34.1 Å². The highest BCUT2D eigenvalue weighted by Crippen LogP contribution is 2.30. The molecule has 110 valence electrons. The Morgan fingerprint density at radius 3 is 2.05 bits per heavy atom. The number of halogens is 3. The van der Waals surface area contributed by atoms with Crippen LogP contribution in [0.3, 0.4) is 0 Å². The van der Waals surface area contributed by atoms with Crippen LogP contribution in [-0.2, 0) is 9.84 Å². The molecule has 0 heterocycles. The molecule has 2 aromatic rings. The highest BCUT2D eigenvalue weighted by Gasteiger charge is 2.43. The van der Waals surface area contributed by atoms with Gasteiger partial charge in [0.25, 0.3) is 0 Å². The molecule has 0 radical (unpaired) electrons. The van der Waals surface area contributed by atoms with Gasteiger partial charge in [-0.1, -0.05) is 36.4 Å². The first-order chi connectivity index (χ1) is 9.83. The van der Waals surface area contributed by atoms with E-state index in [4.69, 9.17) is 0 Å². The summed E-state index contributed by atoms with van der Waals surface area (Å²) in [6.45, 7) is 0. The standard InChI is InChI=1S/C15H11F3O2S/c16-13-8-6-12(7-9-13)10-11-15(17,18)21(19,20)14-4-2-1-3-5-14/h1-11H/b11-10+. The van der Waals surface area contributed by atoms with Crippen molar-refractivity contribution in [3.8, 4) is 0 Å². The van der Waals surface area contributed by atoms with Crippen molar-refractivity contribution in [2.45, 2.75) is 10.2 Å². The van der Waals surface area contributed by atoms with Crippen LogP contribution in [0.5, 0.6) is 0 Å². The molecule has 0 fully saturated rings. The summed E-state index contributed by atoms with van der Waals surface area (Å²) in [6.07, 6.45) is 1.24. The van der Waals surface area contributed by atoms with Crippen LogP contribution in [-0.4, -0.2) is 13.7 Å². The Morgan fingerprint density at radius 1 is 0.905 bits per heavy atom. The summed E-state index contributed by atoms with van der Waals surface area (Å²) in [5.41, 5.74) is 0.277. The normalized spacial score (nSPS) is 12.7. The number of alkyl halides is 2. The molecule has 0 saturated heterocycles. The molecule has 0 aliphatic heterocycles. The minimum Gasteiger partial charge on any atom is -0.217 e. The minimum atomic E-state index is -4.81. The molecule has 0 bridgehead atoms. The first kappa shape index (κ1) is 15.3. The molecule has 0 aliphatic carbocycles. The molecule has 0 saturated carbocycles. The number of hydrogen-bond donors (Lipinski definition) is 0. The second-order valence-electron chi connectivity index (χ2n) is 4.26. The van der Waals surface area contributed by atoms with E-state index < -0.39 is 25.8 Å². The Morgan fingerprint density at radius 2 is 1.48 bits per heavy atom. The SMILES string of the molecule is O=S(=O)(c1ccccc1)C(F)(F)/C=C/c1ccc(F)cc1. The molecule has 0 amide bonds. The van der Waals surface area contributed by atoms with Gasteiger partial charge in [0.1, 0.15) is 5.82 Å². The summed E-state index contributed by atoms with van der Waals surface area (Å²) < 4.78 is 64.2. The van der Waals surface area contributed by atoms with E-state index in [9.17, 15) is 21.6 Å². The first-order valence-corrected chi connectivity index (χ1v) is 7.43. The Kier molecular flexibility index (Phi) is 4.18. The zero-order chi connectivity index (χ0) is 15.5. The minimum absolute atomic E-state index is 0.277. The summed E-state index contributed by atoms with van der Waals surface area (Å²) in [6, 6.07) is 11.2. The molecule has 0 N–H and O–H groups in total. The fourth-order valence-corrected chi connectivity index (χ4v) is 2.69. The van der Waals surface area contributed by atoms with Gasteiger partial charge in [-0.2, -0.15) is 8.78 Å². The van der Waals surface area contributed by atoms with E-state index in [0.29, 0.717) is 6.08 Å². The second-order valence-corrected chi connectivity index (χ2v) is 6.29. The van der Waals surface area contributed by atoms with E-state index >= 15 is 0 Å². The van der Waals surface area contributed by atoms with Gasteiger partial charge in [-0.25, -0.2) is 12.8 Å². The van der Waals surface area contributed by atoms with Crippen LogP contribution >= 0.6 is 0 Å². The maximum Gasteiger partial charge on any atom is 0.368 e. The summed E-state index contributed by atoms with van der Waals surface area (Å²) in [5.74, 6) is -0.504. The Bertz CT molecular complexity index is 736. The molecule has 0 aromatic heterocycles. The molecule has 2 aromatic carbocycles. The Labute approximate surface area is 120 Å². The molecule has 0 atom stereocenters. The van der Waals surface area contributed by atoms with E-state index in [1.165, 1.54) is 30.3 Å². The molecule has 0 spiro atoms. The number of sulfone groups is 1. The lowest BCUT2D eigenvalue weighted by Gasteiger charge is -2.13. The van der Waals surface area contributed by atoms with Crippen LogP contribution in [0.4, 0.5) is 13.2 Å². The number of hydrogen-bond acceptors (Lipinski definition) is 2. The van der Waals surface area contributed by atoms with Crippen molar-refractivity contribution >= 4 is 15.9 Å². The van der Waals surface area contributed by atoms with E-state index in [1.54, 1.807) is 0 Å². The van der Waals surface area contributed by atoms with Crippen molar-refractivity contribution < 1.29 is 21.6 Å². The predicted octanol–water partition coefficient (Wildman–Crippen LogP) is 3.91. The van der Waals surface area contributed by atoms with Gasteiger partial charge in [0.2, 0.25) is 9.84 Å². The number of rotatable bonds is 4. The predicted molar refractivity (Wildman–Crippen MR) is 74.0 cm³/mol. The molecule has 21 heavy (non-hydrogen) atoms. The molecule has 0 aliphatic rings. The largest absolute Gasteiger partial charge is 0.368 e. The summed E-state index contributed by atoms with van der Waals surface area (Å²) in [5, 5.41) is -4.05. The lowest BCUT2D eigenvalue weighted by atomic mass is 10.2. The van der Waals surface area contributed by atoms with Crippen molar-refractivity contribution in [2.75, 3.05) is 0 Å². The third-order valence-corrected chi connectivity index (χ3v) is 4.50. The quantitative estimate of drug-likeness (QED) is 0.858. The molecular weight excluding hydrogens is 301 g/mol. The van der Waals surface area contributed by atoms with Crippen LogP contribution in [0.1, 0.15) is 5.56 Å². The highest BCUT2D eigenvalue weighted by atomic mass is 32.2. The molecule has 6 heteroatoms. The summed E-state index contributed by atoms with van der Waals surface area (Å²) in [7, 11) is -4.81. The van der Waals surface area contributed by atoms with Gasteiger partial charge in [-0.15, -0.1) is 0 Å². The van der Waals surface area contributed by atoms with Gasteiger partial charge in [0.15, 0.2) is 0 Å².